The highest BCUT2D eigenvalue weighted by Crippen LogP contribution is 2.33. The van der Waals surface area contributed by atoms with Gasteiger partial charge in [0.25, 0.3) is 0 Å². The van der Waals surface area contributed by atoms with Crippen LogP contribution in [0.4, 0.5) is 5.95 Å². The quantitative estimate of drug-likeness (QED) is 0.692. The summed E-state index contributed by atoms with van der Waals surface area (Å²) >= 11 is 0. The molecule has 0 aliphatic carbocycles. The Morgan fingerprint density at radius 2 is 1.70 bits per heavy atom. The largest absolute Gasteiger partial charge is 0.341 e. The average molecular weight is 362 g/mol. The van der Waals surface area contributed by atoms with E-state index in [9.17, 15) is 0 Å². The van der Waals surface area contributed by atoms with Crippen LogP contribution in [0.3, 0.4) is 0 Å². The van der Waals surface area contributed by atoms with Crippen LogP contribution in [0.5, 0.6) is 0 Å². The molecule has 3 aromatic rings. The van der Waals surface area contributed by atoms with Crippen molar-refractivity contribution >= 4 is 5.95 Å². The maximum absolute atomic E-state index is 4.59. The molecule has 140 valence electrons. The van der Waals surface area contributed by atoms with Crippen molar-refractivity contribution < 1.29 is 0 Å². The predicted octanol–water partition coefficient (Wildman–Crippen LogP) is 3.76. The predicted molar refractivity (Wildman–Crippen MR) is 106 cm³/mol. The van der Waals surface area contributed by atoms with E-state index in [1.165, 1.54) is 5.56 Å². The van der Waals surface area contributed by atoms with Crippen LogP contribution in [0.25, 0.3) is 0 Å². The van der Waals surface area contributed by atoms with Crippen LogP contribution in [0.15, 0.2) is 48.8 Å². The Hall–Kier alpha value is -2.76. The van der Waals surface area contributed by atoms with E-state index in [1.807, 2.05) is 6.07 Å². The van der Waals surface area contributed by atoms with Gasteiger partial charge in [0, 0.05) is 31.4 Å². The highest BCUT2D eigenvalue weighted by atomic mass is 15.3. The summed E-state index contributed by atoms with van der Waals surface area (Å²) in [5, 5.41) is 9.03. The summed E-state index contributed by atoms with van der Waals surface area (Å²) < 4.78 is 2.36. The SMILES string of the molecule is CCC(c1ccccc1)n1c(C)nnc1C1CCN(c2ncccn2)CC1. The van der Waals surface area contributed by atoms with Gasteiger partial charge in [-0.05, 0) is 37.8 Å². The number of rotatable bonds is 5. The fourth-order valence-corrected chi connectivity index (χ4v) is 4.08. The Morgan fingerprint density at radius 3 is 2.37 bits per heavy atom. The van der Waals surface area contributed by atoms with Crippen LogP contribution in [0, 0.1) is 6.92 Å². The topological polar surface area (TPSA) is 59.7 Å². The van der Waals surface area contributed by atoms with E-state index in [0.717, 1.165) is 49.9 Å². The minimum absolute atomic E-state index is 0.284. The summed E-state index contributed by atoms with van der Waals surface area (Å²) in [6.07, 6.45) is 6.72. The molecular weight excluding hydrogens is 336 g/mol. The van der Waals surface area contributed by atoms with Gasteiger partial charge in [-0.2, -0.15) is 0 Å². The molecule has 1 saturated heterocycles. The van der Waals surface area contributed by atoms with E-state index in [4.69, 9.17) is 0 Å². The number of aryl methyl sites for hydroxylation is 1. The van der Waals surface area contributed by atoms with Gasteiger partial charge >= 0.3 is 0 Å². The van der Waals surface area contributed by atoms with Gasteiger partial charge in [-0.25, -0.2) is 9.97 Å². The standard InChI is InChI=1S/C21H26N6/c1-3-19(17-8-5-4-6-9-17)27-16(2)24-25-20(27)18-10-14-26(15-11-18)21-22-12-7-13-23-21/h4-9,12-13,18-19H,3,10-11,14-15H2,1-2H3. The van der Waals surface area contributed by atoms with Crippen LogP contribution in [-0.2, 0) is 0 Å². The third-order valence-corrected chi connectivity index (χ3v) is 5.47. The van der Waals surface area contributed by atoms with E-state index < -0.39 is 0 Å². The van der Waals surface area contributed by atoms with Gasteiger partial charge < -0.3 is 9.47 Å². The minimum Gasteiger partial charge on any atom is -0.341 e. The molecule has 0 N–H and O–H groups in total. The number of hydrogen-bond donors (Lipinski definition) is 0. The third kappa shape index (κ3) is 3.56. The van der Waals surface area contributed by atoms with Gasteiger partial charge in [0.15, 0.2) is 0 Å². The normalized spacial score (nSPS) is 16.4. The van der Waals surface area contributed by atoms with Crippen LogP contribution in [-0.4, -0.2) is 37.8 Å². The highest BCUT2D eigenvalue weighted by Gasteiger charge is 2.28. The molecule has 1 fully saturated rings. The number of benzene rings is 1. The lowest BCUT2D eigenvalue weighted by Gasteiger charge is -2.32. The van der Waals surface area contributed by atoms with Gasteiger partial charge in [0.1, 0.15) is 11.6 Å². The van der Waals surface area contributed by atoms with E-state index in [0.29, 0.717) is 5.92 Å². The summed E-state index contributed by atoms with van der Waals surface area (Å²) in [6, 6.07) is 12.8. The van der Waals surface area contributed by atoms with Gasteiger partial charge in [-0.15, -0.1) is 10.2 Å². The average Bonchev–Trinajstić information content (AvgIpc) is 3.12. The van der Waals surface area contributed by atoms with Crippen LogP contribution >= 0.6 is 0 Å². The van der Waals surface area contributed by atoms with Crippen LogP contribution in [0.2, 0.25) is 0 Å². The number of aromatic nitrogens is 5. The molecule has 0 amide bonds. The smallest absolute Gasteiger partial charge is 0.225 e. The van der Waals surface area contributed by atoms with Crippen molar-refractivity contribution in [3.63, 3.8) is 0 Å². The fourth-order valence-electron chi connectivity index (χ4n) is 4.08. The van der Waals surface area contributed by atoms with E-state index in [1.54, 1.807) is 12.4 Å². The second-order valence-corrected chi connectivity index (χ2v) is 7.12. The third-order valence-electron chi connectivity index (χ3n) is 5.47. The molecule has 2 aromatic heterocycles. The first-order valence-electron chi connectivity index (χ1n) is 9.76. The second-order valence-electron chi connectivity index (χ2n) is 7.12. The molecule has 4 rings (SSSR count). The second kappa shape index (κ2) is 7.86. The maximum Gasteiger partial charge on any atom is 0.225 e. The molecule has 6 nitrogen and oxygen atoms in total. The van der Waals surface area contributed by atoms with Crippen molar-refractivity contribution in [2.75, 3.05) is 18.0 Å². The Morgan fingerprint density at radius 1 is 1.00 bits per heavy atom. The Labute approximate surface area is 160 Å². The Bertz CT molecular complexity index is 853. The number of nitrogens with zero attached hydrogens (tertiary/aromatic N) is 6. The van der Waals surface area contributed by atoms with Crippen molar-refractivity contribution in [1.29, 1.82) is 0 Å². The van der Waals surface area contributed by atoms with Crippen molar-refractivity contribution in [2.24, 2.45) is 0 Å². The first-order chi connectivity index (χ1) is 13.3. The molecule has 1 aromatic carbocycles. The number of piperidine rings is 1. The zero-order valence-electron chi connectivity index (χ0n) is 16.0. The number of anilines is 1. The molecule has 0 bridgehead atoms. The van der Waals surface area contributed by atoms with E-state index in [-0.39, 0.29) is 6.04 Å². The molecule has 0 saturated carbocycles. The molecule has 27 heavy (non-hydrogen) atoms. The lowest BCUT2D eigenvalue weighted by Crippen LogP contribution is -2.35. The lowest BCUT2D eigenvalue weighted by atomic mass is 9.95. The maximum atomic E-state index is 4.59. The van der Waals surface area contributed by atoms with Gasteiger partial charge in [0.2, 0.25) is 5.95 Å². The molecule has 0 spiro atoms. The molecular formula is C21H26N6. The highest BCUT2D eigenvalue weighted by molar-refractivity contribution is 5.30. The Balaban J connectivity index is 1.56. The van der Waals surface area contributed by atoms with Gasteiger partial charge in [0.05, 0.1) is 6.04 Å². The number of hydrogen-bond acceptors (Lipinski definition) is 5. The van der Waals surface area contributed by atoms with Gasteiger partial charge in [-0.3, -0.25) is 0 Å². The van der Waals surface area contributed by atoms with Crippen molar-refractivity contribution in [3.05, 3.63) is 66.0 Å². The summed E-state index contributed by atoms with van der Waals surface area (Å²) in [5.41, 5.74) is 1.32. The van der Waals surface area contributed by atoms with Gasteiger partial charge in [-0.1, -0.05) is 37.3 Å². The minimum atomic E-state index is 0.284. The molecule has 1 aliphatic rings. The van der Waals surface area contributed by atoms with Crippen LogP contribution in [0.1, 0.15) is 55.4 Å². The monoisotopic (exact) mass is 362 g/mol. The zero-order valence-corrected chi connectivity index (χ0v) is 16.0. The summed E-state index contributed by atoms with van der Waals surface area (Å²) in [6.45, 7) is 6.19. The molecule has 3 heterocycles. The zero-order chi connectivity index (χ0) is 18.6. The summed E-state index contributed by atoms with van der Waals surface area (Å²) in [4.78, 5) is 11.0. The first kappa shape index (κ1) is 17.6. The molecule has 1 aliphatic heterocycles. The van der Waals surface area contributed by atoms with Crippen LogP contribution < -0.4 is 4.90 Å². The fraction of sp³-hybridized carbons (Fsp3) is 0.429. The van der Waals surface area contributed by atoms with E-state index in [2.05, 4.69) is 73.8 Å². The molecule has 1 unspecified atom stereocenters. The summed E-state index contributed by atoms with van der Waals surface area (Å²) in [5.74, 6) is 3.36. The molecule has 0 radical (unpaired) electrons. The first-order valence-corrected chi connectivity index (χ1v) is 9.76. The molecule has 1 atom stereocenters. The molecule has 6 heteroatoms. The van der Waals surface area contributed by atoms with Crippen molar-refractivity contribution in [1.82, 2.24) is 24.7 Å². The Kier molecular flexibility index (Phi) is 5.14. The van der Waals surface area contributed by atoms with E-state index >= 15 is 0 Å². The summed E-state index contributed by atoms with van der Waals surface area (Å²) in [7, 11) is 0. The van der Waals surface area contributed by atoms with Crippen molar-refractivity contribution in [3.8, 4) is 0 Å². The lowest BCUT2D eigenvalue weighted by molar-refractivity contribution is 0.438. The van der Waals surface area contributed by atoms with Crippen molar-refractivity contribution in [2.45, 2.75) is 45.1 Å².